The molecule has 0 atom stereocenters. The maximum absolute atomic E-state index is 12.4. The molecule has 1 rings (SSSR count). The van der Waals surface area contributed by atoms with Crippen LogP contribution in [0.5, 0.6) is 0 Å². The van der Waals surface area contributed by atoms with Gasteiger partial charge >= 0.3 is 0 Å². The van der Waals surface area contributed by atoms with E-state index in [-0.39, 0.29) is 28.4 Å². The number of carbonyl (C=O) groups excluding carboxylic acids is 1. The van der Waals surface area contributed by atoms with Crippen LogP contribution in [0.4, 0.5) is 8.78 Å². The molecule has 0 radical (unpaired) electrons. The molecule has 0 saturated heterocycles. The first kappa shape index (κ1) is 11.7. The minimum atomic E-state index is -2.81. The van der Waals surface area contributed by atoms with Crippen molar-refractivity contribution < 1.29 is 13.6 Å². The molecule has 0 amide bonds. The Kier molecular flexibility index (Phi) is 3.86. The molecule has 0 bridgehead atoms. The van der Waals surface area contributed by atoms with E-state index >= 15 is 0 Å². The number of nitriles is 1. The van der Waals surface area contributed by atoms with Gasteiger partial charge in [-0.3, -0.25) is 9.78 Å². The fraction of sp³-hybridized carbons (Fsp3) is 0.222. The lowest BCUT2D eigenvalue weighted by Crippen LogP contribution is -2.03. The van der Waals surface area contributed by atoms with Crippen molar-refractivity contribution in [2.24, 2.45) is 0 Å². The number of aldehydes is 1. The third-order valence-corrected chi connectivity index (χ3v) is 2.35. The Hall–Kier alpha value is -1.35. The van der Waals surface area contributed by atoms with Crippen LogP contribution in [-0.4, -0.2) is 11.3 Å². The van der Waals surface area contributed by atoms with Crippen LogP contribution in [0.2, 0.25) is 0 Å². The predicted octanol–water partition coefficient (Wildman–Crippen LogP) is 2.60. The zero-order valence-electron chi connectivity index (χ0n) is 7.38. The van der Waals surface area contributed by atoms with Crippen molar-refractivity contribution in [3.63, 3.8) is 0 Å². The highest BCUT2D eigenvalue weighted by atomic mass is 79.9. The van der Waals surface area contributed by atoms with Gasteiger partial charge in [0.2, 0.25) is 0 Å². The van der Waals surface area contributed by atoms with Gasteiger partial charge < -0.3 is 0 Å². The zero-order chi connectivity index (χ0) is 11.4. The van der Waals surface area contributed by atoms with Crippen molar-refractivity contribution in [3.05, 3.63) is 28.6 Å². The molecule has 0 aliphatic heterocycles. The van der Waals surface area contributed by atoms with Crippen LogP contribution in [0.3, 0.4) is 0 Å². The number of aromatic nitrogens is 1. The molecule has 6 heteroatoms. The molecule has 0 N–H and O–H groups in total. The first-order valence-corrected chi connectivity index (χ1v) is 4.99. The Balaban J connectivity index is 3.50. The van der Waals surface area contributed by atoms with E-state index in [9.17, 15) is 13.6 Å². The topological polar surface area (TPSA) is 53.8 Å². The molecule has 0 aliphatic rings. The van der Waals surface area contributed by atoms with E-state index in [0.717, 1.165) is 6.20 Å². The molecule has 1 heterocycles. The minimum Gasteiger partial charge on any atom is -0.298 e. The Morgan fingerprint density at radius 2 is 2.33 bits per heavy atom. The third-order valence-electron chi connectivity index (χ3n) is 1.82. The fourth-order valence-electron chi connectivity index (χ4n) is 1.11. The quantitative estimate of drug-likeness (QED) is 0.629. The number of carbonyl (C=O) groups is 1. The average molecular weight is 275 g/mol. The number of halogens is 3. The van der Waals surface area contributed by atoms with Gasteiger partial charge in [0.25, 0.3) is 6.43 Å². The van der Waals surface area contributed by atoms with Gasteiger partial charge in [-0.1, -0.05) is 15.9 Å². The lowest BCUT2D eigenvalue weighted by Gasteiger charge is -2.07. The maximum atomic E-state index is 12.4. The van der Waals surface area contributed by atoms with E-state index in [1.54, 1.807) is 6.07 Å². The number of nitrogens with zero attached hydrogens (tertiary/aromatic N) is 2. The van der Waals surface area contributed by atoms with Crippen LogP contribution in [0.15, 0.2) is 6.20 Å². The van der Waals surface area contributed by atoms with Crippen molar-refractivity contribution in [1.82, 2.24) is 4.98 Å². The Bertz CT molecular complexity index is 429. The second-order valence-electron chi connectivity index (χ2n) is 2.61. The fourth-order valence-corrected chi connectivity index (χ4v) is 1.53. The normalized spacial score (nSPS) is 10.1. The highest BCUT2D eigenvalue weighted by Crippen LogP contribution is 2.25. The summed E-state index contributed by atoms with van der Waals surface area (Å²) >= 11 is 3.06. The molecule has 0 saturated carbocycles. The summed E-state index contributed by atoms with van der Waals surface area (Å²) in [5.41, 5.74) is -0.605. The molecule has 78 valence electrons. The molecule has 0 unspecified atom stereocenters. The van der Waals surface area contributed by atoms with Gasteiger partial charge in [0.1, 0.15) is 6.07 Å². The molecule has 0 spiro atoms. The summed E-state index contributed by atoms with van der Waals surface area (Å²) in [6.45, 7) is 0. The van der Waals surface area contributed by atoms with E-state index < -0.39 is 12.0 Å². The average Bonchev–Trinajstić information content (AvgIpc) is 2.26. The van der Waals surface area contributed by atoms with Crippen molar-refractivity contribution >= 4 is 22.2 Å². The molecule has 15 heavy (non-hydrogen) atoms. The van der Waals surface area contributed by atoms with Gasteiger partial charge in [-0.2, -0.15) is 5.26 Å². The summed E-state index contributed by atoms with van der Waals surface area (Å²) in [4.78, 5) is 14.3. The SMILES string of the molecule is N#Cc1c(CBr)ncc(C(F)F)c1C=O. The van der Waals surface area contributed by atoms with E-state index in [0.29, 0.717) is 0 Å². The summed E-state index contributed by atoms with van der Waals surface area (Å²) in [7, 11) is 0. The third kappa shape index (κ3) is 2.18. The number of hydrogen-bond donors (Lipinski definition) is 0. The van der Waals surface area contributed by atoms with E-state index in [1.807, 2.05) is 0 Å². The van der Waals surface area contributed by atoms with E-state index in [4.69, 9.17) is 5.26 Å². The monoisotopic (exact) mass is 274 g/mol. The molecule has 1 aromatic heterocycles. The molecule has 0 aliphatic carbocycles. The Morgan fingerprint density at radius 3 is 2.73 bits per heavy atom. The van der Waals surface area contributed by atoms with Crippen LogP contribution in [0.25, 0.3) is 0 Å². The van der Waals surface area contributed by atoms with Crippen LogP contribution in [0.1, 0.15) is 33.6 Å². The second-order valence-corrected chi connectivity index (χ2v) is 3.17. The summed E-state index contributed by atoms with van der Waals surface area (Å²) in [6, 6.07) is 1.70. The first-order chi connectivity index (χ1) is 7.15. The highest BCUT2D eigenvalue weighted by molar-refractivity contribution is 9.08. The van der Waals surface area contributed by atoms with Gasteiger partial charge in [0.15, 0.2) is 6.29 Å². The standard InChI is InChI=1S/C9H5BrF2N2O/c10-1-8-5(2-13)7(4-15)6(3-14-8)9(11)12/h3-4,9H,1H2. The number of hydrogen-bond acceptors (Lipinski definition) is 3. The number of alkyl halides is 3. The Morgan fingerprint density at radius 1 is 1.67 bits per heavy atom. The lowest BCUT2D eigenvalue weighted by molar-refractivity contribution is 0.110. The van der Waals surface area contributed by atoms with Crippen LogP contribution < -0.4 is 0 Å². The van der Waals surface area contributed by atoms with Gasteiger partial charge in [-0.15, -0.1) is 0 Å². The number of rotatable bonds is 3. The van der Waals surface area contributed by atoms with Crippen LogP contribution in [-0.2, 0) is 5.33 Å². The molecular weight excluding hydrogens is 270 g/mol. The molecule has 3 nitrogen and oxygen atoms in total. The van der Waals surface area contributed by atoms with Gasteiger partial charge in [0.05, 0.1) is 11.3 Å². The van der Waals surface area contributed by atoms with Crippen molar-refractivity contribution in [2.45, 2.75) is 11.8 Å². The van der Waals surface area contributed by atoms with Crippen LogP contribution in [0, 0.1) is 11.3 Å². The zero-order valence-corrected chi connectivity index (χ0v) is 8.96. The summed E-state index contributed by atoms with van der Waals surface area (Å²) in [5, 5.41) is 8.99. The lowest BCUT2D eigenvalue weighted by atomic mass is 10.0. The minimum absolute atomic E-state index is 0.0975. The van der Waals surface area contributed by atoms with Gasteiger partial charge in [0, 0.05) is 22.7 Å². The summed E-state index contributed by atoms with van der Waals surface area (Å²) in [5.74, 6) is 0. The predicted molar refractivity (Wildman–Crippen MR) is 51.9 cm³/mol. The smallest absolute Gasteiger partial charge is 0.266 e. The van der Waals surface area contributed by atoms with E-state index in [1.165, 1.54) is 0 Å². The summed E-state index contributed by atoms with van der Waals surface area (Å²) in [6.07, 6.45) is -1.63. The number of pyridine rings is 1. The highest BCUT2D eigenvalue weighted by Gasteiger charge is 2.19. The van der Waals surface area contributed by atoms with Gasteiger partial charge in [-0.05, 0) is 0 Å². The first-order valence-electron chi connectivity index (χ1n) is 3.86. The Labute approximate surface area is 92.9 Å². The van der Waals surface area contributed by atoms with Crippen molar-refractivity contribution in [2.75, 3.05) is 0 Å². The van der Waals surface area contributed by atoms with E-state index in [2.05, 4.69) is 20.9 Å². The van der Waals surface area contributed by atoms with Crippen LogP contribution >= 0.6 is 15.9 Å². The van der Waals surface area contributed by atoms with Gasteiger partial charge in [-0.25, -0.2) is 8.78 Å². The molecule has 0 aromatic carbocycles. The molecule has 1 aromatic rings. The largest absolute Gasteiger partial charge is 0.298 e. The molecular formula is C9H5BrF2N2O. The second kappa shape index (κ2) is 4.94. The maximum Gasteiger partial charge on any atom is 0.266 e. The van der Waals surface area contributed by atoms with Crippen molar-refractivity contribution in [3.8, 4) is 6.07 Å². The molecule has 0 fully saturated rings. The summed E-state index contributed by atoms with van der Waals surface area (Å²) < 4.78 is 24.9. The van der Waals surface area contributed by atoms with Crippen molar-refractivity contribution in [1.29, 1.82) is 5.26 Å².